The third-order valence-electron chi connectivity index (χ3n) is 4.51. The number of benzene rings is 2. The molecule has 126 valence electrons. The number of likely N-dealkylation sites (N-methyl/N-ethyl adjacent to an activating group) is 1. The molecule has 0 amide bonds. The van der Waals surface area contributed by atoms with E-state index in [4.69, 9.17) is 11.6 Å². The van der Waals surface area contributed by atoms with Gasteiger partial charge in [0.1, 0.15) is 6.17 Å². The number of fused-ring (bicyclic) bond motifs is 1. The summed E-state index contributed by atoms with van der Waals surface area (Å²) in [6.07, 6.45) is 6.76. The fraction of sp³-hybridized carbons (Fsp3) is 0.143. The Kier molecular flexibility index (Phi) is 4.35. The lowest BCUT2D eigenvalue weighted by atomic mass is 10.0. The standard InChI is InChI=1S/C21H20ClN3/c1-23-13-19-21(16-7-10-18(22)11-8-16)24-20-12-9-17(14-25(19)20)15-5-3-2-4-6-15/h2-12,14,20,23-24H,13H2,1H3. The number of nitrogens with zero attached hydrogens (tertiary/aromatic N) is 1. The van der Waals surface area contributed by atoms with Gasteiger partial charge in [-0.1, -0.05) is 60.1 Å². The molecule has 2 aliphatic rings. The molecule has 0 aromatic heterocycles. The predicted octanol–water partition coefficient (Wildman–Crippen LogP) is 4.07. The molecular weight excluding hydrogens is 330 g/mol. The second kappa shape index (κ2) is 6.79. The highest BCUT2D eigenvalue weighted by Crippen LogP contribution is 2.33. The summed E-state index contributed by atoms with van der Waals surface area (Å²) in [7, 11) is 1.97. The molecule has 4 rings (SSSR count). The van der Waals surface area contributed by atoms with Crippen LogP contribution in [0.4, 0.5) is 0 Å². The van der Waals surface area contributed by atoms with Crippen LogP contribution in [-0.4, -0.2) is 24.7 Å². The second-order valence-electron chi connectivity index (χ2n) is 6.16. The average molecular weight is 350 g/mol. The molecule has 2 aromatic rings. The Morgan fingerprint density at radius 3 is 2.52 bits per heavy atom. The maximum Gasteiger partial charge on any atom is 0.123 e. The van der Waals surface area contributed by atoms with Gasteiger partial charge in [-0.2, -0.15) is 0 Å². The number of nitrogens with one attached hydrogen (secondary N) is 2. The zero-order chi connectivity index (χ0) is 17.2. The molecule has 0 aliphatic carbocycles. The van der Waals surface area contributed by atoms with E-state index < -0.39 is 0 Å². The first-order chi connectivity index (χ1) is 12.3. The zero-order valence-electron chi connectivity index (χ0n) is 14.0. The van der Waals surface area contributed by atoms with Gasteiger partial charge in [0, 0.05) is 17.8 Å². The van der Waals surface area contributed by atoms with E-state index in [1.165, 1.54) is 16.8 Å². The van der Waals surface area contributed by atoms with Crippen molar-refractivity contribution in [2.45, 2.75) is 6.17 Å². The topological polar surface area (TPSA) is 27.3 Å². The number of hydrogen-bond acceptors (Lipinski definition) is 3. The predicted molar refractivity (Wildman–Crippen MR) is 105 cm³/mol. The van der Waals surface area contributed by atoms with E-state index >= 15 is 0 Å². The Bertz CT molecular complexity index is 850. The van der Waals surface area contributed by atoms with Crippen LogP contribution in [0.2, 0.25) is 5.02 Å². The summed E-state index contributed by atoms with van der Waals surface area (Å²) in [6, 6.07) is 18.4. The summed E-state index contributed by atoms with van der Waals surface area (Å²) >= 11 is 6.04. The van der Waals surface area contributed by atoms with Gasteiger partial charge < -0.3 is 15.5 Å². The molecule has 0 spiro atoms. The van der Waals surface area contributed by atoms with Crippen molar-refractivity contribution in [2.24, 2.45) is 0 Å². The number of halogens is 1. The highest BCUT2D eigenvalue weighted by molar-refractivity contribution is 6.30. The van der Waals surface area contributed by atoms with E-state index in [1.54, 1.807) is 0 Å². The quantitative estimate of drug-likeness (QED) is 0.871. The summed E-state index contributed by atoms with van der Waals surface area (Å²) in [5.41, 5.74) is 5.96. The lowest BCUT2D eigenvalue weighted by Crippen LogP contribution is -2.35. The van der Waals surface area contributed by atoms with Crippen LogP contribution < -0.4 is 10.6 Å². The minimum absolute atomic E-state index is 0.140. The van der Waals surface area contributed by atoms with Gasteiger partial charge in [0.25, 0.3) is 0 Å². The molecule has 0 saturated carbocycles. The number of allylic oxidation sites excluding steroid dienone is 2. The minimum atomic E-state index is 0.140. The largest absolute Gasteiger partial charge is 0.360 e. The minimum Gasteiger partial charge on any atom is -0.360 e. The van der Waals surface area contributed by atoms with Gasteiger partial charge >= 0.3 is 0 Å². The first kappa shape index (κ1) is 16.0. The lowest BCUT2D eigenvalue weighted by Gasteiger charge is -2.27. The van der Waals surface area contributed by atoms with E-state index in [9.17, 15) is 0 Å². The van der Waals surface area contributed by atoms with Gasteiger partial charge in [-0.25, -0.2) is 0 Å². The molecule has 0 bridgehead atoms. The summed E-state index contributed by atoms with van der Waals surface area (Å²) in [4.78, 5) is 2.31. The van der Waals surface area contributed by atoms with Gasteiger partial charge in [0.05, 0.1) is 11.4 Å². The molecule has 3 nitrogen and oxygen atoms in total. The maximum atomic E-state index is 6.04. The highest BCUT2D eigenvalue weighted by Gasteiger charge is 2.30. The Labute approximate surface area is 153 Å². The first-order valence-electron chi connectivity index (χ1n) is 8.40. The second-order valence-corrected chi connectivity index (χ2v) is 6.60. The zero-order valence-corrected chi connectivity index (χ0v) is 14.8. The van der Waals surface area contributed by atoms with Crippen LogP contribution in [-0.2, 0) is 0 Å². The summed E-state index contributed by atoms with van der Waals surface area (Å²) in [6.45, 7) is 0.786. The van der Waals surface area contributed by atoms with Crippen LogP contribution in [0.15, 0.2) is 78.6 Å². The molecule has 2 N–H and O–H groups in total. The van der Waals surface area contributed by atoms with Gasteiger partial charge in [0.15, 0.2) is 0 Å². The van der Waals surface area contributed by atoms with Crippen molar-refractivity contribution >= 4 is 22.9 Å². The molecule has 0 radical (unpaired) electrons. The molecule has 1 unspecified atom stereocenters. The Hall–Kier alpha value is -2.49. The van der Waals surface area contributed by atoms with Crippen molar-refractivity contribution in [1.82, 2.24) is 15.5 Å². The molecule has 0 fully saturated rings. The maximum absolute atomic E-state index is 6.04. The SMILES string of the molecule is CNCC1=C(c2ccc(Cl)cc2)NC2C=CC(c3ccccc3)=CN12. The molecule has 25 heavy (non-hydrogen) atoms. The first-order valence-corrected chi connectivity index (χ1v) is 8.78. The number of hydrogen-bond donors (Lipinski definition) is 2. The van der Waals surface area contributed by atoms with Gasteiger partial charge in [0.2, 0.25) is 0 Å². The monoisotopic (exact) mass is 349 g/mol. The Morgan fingerprint density at radius 1 is 1.04 bits per heavy atom. The molecule has 2 heterocycles. The normalized spacial score (nSPS) is 18.9. The fourth-order valence-corrected chi connectivity index (χ4v) is 3.43. The smallest absolute Gasteiger partial charge is 0.123 e. The Morgan fingerprint density at radius 2 is 1.80 bits per heavy atom. The van der Waals surface area contributed by atoms with Crippen LogP contribution in [0.1, 0.15) is 11.1 Å². The van der Waals surface area contributed by atoms with Crippen molar-refractivity contribution in [2.75, 3.05) is 13.6 Å². The average Bonchev–Trinajstić information content (AvgIpc) is 3.01. The summed E-state index contributed by atoms with van der Waals surface area (Å²) in [5, 5.41) is 7.67. The molecule has 2 aliphatic heterocycles. The summed E-state index contributed by atoms with van der Waals surface area (Å²) < 4.78 is 0. The van der Waals surface area contributed by atoms with Gasteiger partial charge in [-0.05, 0) is 42.0 Å². The van der Waals surface area contributed by atoms with Crippen LogP contribution in [0.25, 0.3) is 11.3 Å². The molecule has 0 saturated heterocycles. The third kappa shape index (κ3) is 3.09. The fourth-order valence-electron chi connectivity index (χ4n) is 3.30. The van der Waals surface area contributed by atoms with Crippen molar-refractivity contribution in [3.63, 3.8) is 0 Å². The van der Waals surface area contributed by atoms with E-state index in [1.807, 2.05) is 25.2 Å². The summed E-state index contributed by atoms with van der Waals surface area (Å²) in [5.74, 6) is 0. The van der Waals surface area contributed by atoms with Crippen LogP contribution >= 0.6 is 11.6 Å². The van der Waals surface area contributed by atoms with Crippen LogP contribution in [0.5, 0.6) is 0 Å². The number of rotatable bonds is 4. The van der Waals surface area contributed by atoms with E-state index in [2.05, 4.69) is 70.3 Å². The van der Waals surface area contributed by atoms with E-state index in [0.717, 1.165) is 22.8 Å². The van der Waals surface area contributed by atoms with Crippen LogP contribution in [0.3, 0.4) is 0 Å². The van der Waals surface area contributed by atoms with Crippen molar-refractivity contribution in [3.8, 4) is 0 Å². The highest BCUT2D eigenvalue weighted by atomic mass is 35.5. The van der Waals surface area contributed by atoms with E-state index in [0.29, 0.717) is 0 Å². The molecule has 1 atom stereocenters. The van der Waals surface area contributed by atoms with Crippen molar-refractivity contribution in [1.29, 1.82) is 0 Å². The molecular formula is C21H20ClN3. The van der Waals surface area contributed by atoms with E-state index in [-0.39, 0.29) is 6.17 Å². The molecule has 2 aromatic carbocycles. The molecule has 4 heteroatoms. The van der Waals surface area contributed by atoms with Crippen molar-refractivity contribution < 1.29 is 0 Å². The third-order valence-corrected chi connectivity index (χ3v) is 4.76. The van der Waals surface area contributed by atoms with Gasteiger partial charge in [-0.3, -0.25) is 0 Å². The van der Waals surface area contributed by atoms with Gasteiger partial charge in [-0.15, -0.1) is 0 Å². The Balaban J connectivity index is 1.74. The van der Waals surface area contributed by atoms with Crippen LogP contribution in [0, 0.1) is 0 Å². The lowest BCUT2D eigenvalue weighted by molar-refractivity contribution is 0.394. The van der Waals surface area contributed by atoms with Crippen molar-refractivity contribution in [3.05, 3.63) is 94.8 Å².